The summed E-state index contributed by atoms with van der Waals surface area (Å²) in [5, 5.41) is 8.18. The van der Waals surface area contributed by atoms with Crippen molar-refractivity contribution in [1.82, 2.24) is 0 Å². The third-order valence-electron chi connectivity index (χ3n) is 0.761. The molecule has 0 bridgehead atoms. The second-order valence-corrected chi connectivity index (χ2v) is 2.26. The predicted molar refractivity (Wildman–Crippen MR) is 29.8 cm³/mol. The Balaban J connectivity index is 3.66. The van der Waals surface area contributed by atoms with Gasteiger partial charge in [0.1, 0.15) is 4.87 Å². The van der Waals surface area contributed by atoms with E-state index < -0.39 is 4.87 Å². The number of nitriles is 1. The average Bonchev–Trinajstić information content (AvgIpc) is 1.68. The van der Waals surface area contributed by atoms with Crippen molar-refractivity contribution in [3.63, 3.8) is 0 Å². The molecule has 0 rings (SSSR count). The van der Waals surface area contributed by atoms with Crippen molar-refractivity contribution in [2.24, 2.45) is 0 Å². The number of rotatable bonds is 1. The zero-order chi connectivity index (χ0) is 5.91. The van der Waals surface area contributed by atoms with Gasteiger partial charge in [0.2, 0.25) is 0 Å². The van der Waals surface area contributed by atoms with E-state index in [9.17, 15) is 0 Å². The zero-order valence-corrected chi connectivity index (χ0v) is 5.16. The van der Waals surface area contributed by atoms with Crippen LogP contribution < -0.4 is 0 Å². The highest BCUT2D eigenvalue weighted by atomic mass is 35.5. The van der Waals surface area contributed by atoms with Crippen LogP contribution in [0.2, 0.25) is 0 Å². The molecule has 1 atom stereocenters. The first-order valence-corrected chi connectivity index (χ1v) is 2.41. The largest absolute Gasteiger partial charge is 0.196 e. The molecule has 0 aromatic carbocycles. The molecule has 0 aromatic rings. The molecule has 0 aliphatic heterocycles. The smallest absolute Gasteiger partial charge is 0.131 e. The molecular formula is C5H7ClN. The zero-order valence-electron chi connectivity index (χ0n) is 4.40. The molecule has 0 aliphatic carbocycles. The van der Waals surface area contributed by atoms with E-state index in [-0.39, 0.29) is 0 Å². The number of hydrogen-bond donors (Lipinski definition) is 0. The van der Waals surface area contributed by atoms with E-state index in [1.54, 1.807) is 20.3 Å². The Morgan fingerprint density at radius 3 is 2.29 bits per heavy atom. The van der Waals surface area contributed by atoms with Crippen LogP contribution in [0.4, 0.5) is 0 Å². The maximum absolute atomic E-state index is 8.18. The molecule has 1 nitrogen and oxygen atoms in total. The molecule has 1 unspecified atom stereocenters. The summed E-state index contributed by atoms with van der Waals surface area (Å²) in [6, 6.07) is 1.90. The quantitative estimate of drug-likeness (QED) is 0.479. The monoisotopic (exact) mass is 116 g/mol. The molecule has 0 amide bonds. The van der Waals surface area contributed by atoms with Crippen molar-refractivity contribution >= 4 is 11.6 Å². The second kappa shape index (κ2) is 2.18. The molecule has 7 heavy (non-hydrogen) atoms. The van der Waals surface area contributed by atoms with E-state index in [2.05, 4.69) is 0 Å². The molecule has 1 radical (unpaired) electrons. The molecule has 2 heteroatoms. The van der Waals surface area contributed by atoms with Gasteiger partial charge in [0.25, 0.3) is 0 Å². The van der Waals surface area contributed by atoms with Crippen LogP contribution in [-0.2, 0) is 0 Å². The standard InChI is InChI=1S/C5H7ClN/c1-3-5(2,6)4-7/h3H,1-2H3. The van der Waals surface area contributed by atoms with E-state index in [0.29, 0.717) is 0 Å². The molecular weight excluding hydrogens is 110 g/mol. The van der Waals surface area contributed by atoms with Gasteiger partial charge in [-0.05, 0) is 13.3 Å². The van der Waals surface area contributed by atoms with E-state index in [1.807, 2.05) is 6.07 Å². The van der Waals surface area contributed by atoms with E-state index in [0.717, 1.165) is 0 Å². The van der Waals surface area contributed by atoms with Gasteiger partial charge in [0, 0.05) is 0 Å². The minimum atomic E-state index is -0.764. The molecule has 0 fully saturated rings. The van der Waals surface area contributed by atoms with Gasteiger partial charge in [-0.15, -0.1) is 11.6 Å². The Morgan fingerprint density at radius 1 is 1.86 bits per heavy atom. The lowest BCUT2D eigenvalue weighted by Crippen LogP contribution is -2.10. The highest BCUT2D eigenvalue weighted by molar-refractivity contribution is 6.26. The summed E-state index contributed by atoms with van der Waals surface area (Å²) in [7, 11) is 0. The number of halogens is 1. The summed E-state index contributed by atoms with van der Waals surface area (Å²) in [6.07, 6.45) is 1.65. The normalized spacial score (nSPS) is 17.4. The van der Waals surface area contributed by atoms with Crippen LogP contribution in [0.5, 0.6) is 0 Å². The lowest BCUT2D eigenvalue weighted by atomic mass is 10.1. The number of hydrogen-bond acceptors (Lipinski definition) is 1. The minimum absolute atomic E-state index is 0.764. The van der Waals surface area contributed by atoms with E-state index >= 15 is 0 Å². The average molecular weight is 117 g/mol. The molecule has 0 spiro atoms. The summed E-state index contributed by atoms with van der Waals surface area (Å²) in [5.74, 6) is 0. The van der Waals surface area contributed by atoms with Crippen LogP contribution in [0.25, 0.3) is 0 Å². The Kier molecular flexibility index (Phi) is 2.11. The number of alkyl halides is 1. The minimum Gasteiger partial charge on any atom is -0.196 e. The maximum Gasteiger partial charge on any atom is 0.131 e. The van der Waals surface area contributed by atoms with Crippen LogP contribution in [0, 0.1) is 17.8 Å². The van der Waals surface area contributed by atoms with Crippen LogP contribution >= 0.6 is 11.6 Å². The predicted octanol–water partition coefficient (Wildman–Crippen LogP) is 1.73. The van der Waals surface area contributed by atoms with Crippen molar-refractivity contribution < 1.29 is 0 Å². The fourth-order valence-electron chi connectivity index (χ4n) is 0.0645. The van der Waals surface area contributed by atoms with Gasteiger partial charge in [-0.3, -0.25) is 0 Å². The van der Waals surface area contributed by atoms with Gasteiger partial charge in [-0.1, -0.05) is 6.92 Å². The molecule has 0 heterocycles. The highest BCUT2D eigenvalue weighted by Crippen LogP contribution is 2.14. The first-order chi connectivity index (χ1) is 3.12. The second-order valence-electron chi connectivity index (χ2n) is 1.48. The van der Waals surface area contributed by atoms with Crippen LogP contribution in [0.1, 0.15) is 13.8 Å². The summed E-state index contributed by atoms with van der Waals surface area (Å²) in [4.78, 5) is -0.764. The van der Waals surface area contributed by atoms with Gasteiger partial charge in [0.15, 0.2) is 0 Å². The molecule has 0 aliphatic rings. The van der Waals surface area contributed by atoms with Crippen molar-refractivity contribution in [1.29, 1.82) is 5.26 Å². The van der Waals surface area contributed by atoms with Gasteiger partial charge < -0.3 is 0 Å². The molecule has 39 valence electrons. The first-order valence-electron chi connectivity index (χ1n) is 2.03. The molecule has 0 saturated carbocycles. The molecule has 0 aromatic heterocycles. The Bertz CT molecular complexity index is 90.7. The van der Waals surface area contributed by atoms with Gasteiger partial charge in [-0.2, -0.15) is 5.26 Å². The SMILES string of the molecule is C[CH]C(C)(Cl)C#N. The lowest BCUT2D eigenvalue weighted by molar-refractivity contribution is 0.918. The third kappa shape index (κ3) is 2.47. The fraction of sp³-hybridized carbons (Fsp3) is 0.600. The third-order valence-corrected chi connectivity index (χ3v) is 1.06. The summed E-state index contributed by atoms with van der Waals surface area (Å²) < 4.78 is 0. The molecule has 0 N–H and O–H groups in total. The summed E-state index contributed by atoms with van der Waals surface area (Å²) in [5.41, 5.74) is 0. The maximum atomic E-state index is 8.18. The summed E-state index contributed by atoms with van der Waals surface area (Å²) >= 11 is 5.49. The lowest BCUT2D eigenvalue weighted by Gasteiger charge is -2.04. The van der Waals surface area contributed by atoms with E-state index in [4.69, 9.17) is 16.9 Å². The van der Waals surface area contributed by atoms with Gasteiger partial charge in [0.05, 0.1) is 6.07 Å². The van der Waals surface area contributed by atoms with Crippen molar-refractivity contribution in [3.8, 4) is 6.07 Å². The Morgan fingerprint density at radius 2 is 2.29 bits per heavy atom. The summed E-state index contributed by atoms with van der Waals surface area (Å²) in [6.45, 7) is 3.41. The fourth-order valence-corrected chi connectivity index (χ4v) is 0.0645. The topological polar surface area (TPSA) is 23.8 Å². The van der Waals surface area contributed by atoms with Crippen LogP contribution in [0.15, 0.2) is 0 Å². The molecule has 0 saturated heterocycles. The van der Waals surface area contributed by atoms with Crippen LogP contribution in [0.3, 0.4) is 0 Å². The number of nitrogens with zero attached hydrogens (tertiary/aromatic N) is 1. The van der Waals surface area contributed by atoms with Gasteiger partial charge in [-0.25, -0.2) is 0 Å². The Hall–Kier alpha value is -0.220. The van der Waals surface area contributed by atoms with Gasteiger partial charge >= 0.3 is 0 Å². The Labute approximate surface area is 48.9 Å². The van der Waals surface area contributed by atoms with Crippen molar-refractivity contribution in [2.75, 3.05) is 0 Å². The van der Waals surface area contributed by atoms with Crippen molar-refractivity contribution in [2.45, 2.75) is 18.7 Å². The van der Waals surface area contributed by atoms with Crippen molar-refractivity contribution in [3.05, 3.63) is 6.42 Å². The van der Waals surface area contributed by atoms with Crippen LogP contribution in [-0.4, -0.2) is 4.87 Å². The van der Waals surface area contributed by atoms with E-state index in [1.165, 1.54) is 0 Å². The highest BCUT2D eigenvalue weighted by Gasteiger charge is 2.15. The first kappa shape index (κ1) is 6.78.